The lowest BCUT2D eigenvalue weighted by atomic mass is 9.85. The molecular weight excluding hydrogens is 322 g/mol. The van der Waals surface area contributed by atoms with Crippen molar-refractivity contribution in [3.63, 3.8) is 0 Å². The molecule has 22 heavy (non-hydrogen) atoms. The van der Waals surface area contributed by atoms with Crippen molar-refractivity contribution in [2.45, 2.75) is 43.4 Å². The third-order valence-corrected chi connectivity index (χ3v) is 5.37. The molecule has 1 aliphatic rings. The lowest BCUT2D eigenvalue weighted by Gasteiger charge is -2.21. The number of allylic oxidation sites excluding steroid dienone is 2. The maximum atomic E-state index is 12.4. The van der Waals surface area contributed by atoms with Crippen LogP contribution < -0.4 is 0 Å². The number of aliphatic hydroxyl groups excluding tert-OH is 1. The minimum atomic E-state index is -0.116. The third-order valence-electron chi connectivity index (χ3n) is 3.31. The molecule has 120 valence electrons. The number of nitrogens with zero attached hydrogens (tertiary/aromatic N) is 3. The first-order valence-electron chi connectivity index (χ1n) is 7.12. The van der Waals surface area contributed by atoms with E-state index in [9.17, 15) is 9.90 Å². The standard InChI is InChI=1S/C14H19N3O3S2/c1-4-9(17-20-5-2)12-10(18)6-8(7-11(12)19)13-15-16-14(21-3)22-13/h8,18H,4-7H2,1-3H3/b17-9-. The molecule has 0 fully saturated rings. The SMILES string of the molecule is CCO/N=C(/CC)C1=C(O)CC(c2nnc(SC)s2)CC1=O. The first-order chi connectivity index (χ1) is 10.6. The van der Waals surface area contributed by atoms with E-state index in [2.05, 4.69) is 15.4 Å². The zero-order valence-corrected chi connectivity index (χ0v) is 14.5. The summed E-state index contributed by atoms with van der Waals surface area (Å²) in [5, 5.41) is 23.2. The molecule has 0 saturated carbocycles. The Morgan fingerprint density at radius 2 is 2.23 bits per heavy atom. The Balaban J connectivity index is 2.24. The van der Waals surface area contributed by atoms with E-state index in [4.69, 9.17) is 4.84 Å². The smallest absolute Gasteiger partial charge is 0.174 e. The van der Waals surface area contributed by atoms with Crippen molar-refractivity contribution in [2.75, 3.05) is 12.9 Å². The second-order valence-corrected chi connectivity index (χ2v) is 6.83. The zero-order chi connectivity index (χ0) is 16.1. The van der Waals surface area contributed by atoms with E-state index in [1.54, 1.807) is 0 Å². The number of carbonyl (C=O) groups is 1. The lowest BCUT2D eigenvalue weighted by molar-refractivity contribution is -0.116. The fourth-order valence-corrected chi connectivity index (χ4v) is 3.68. The summed E-state index contributed by atoms with van der Waals surface area (Å²) in [4.78, 5) is 17.5. The van der Waals surface area contributed by atoms with Crippen LogP contribution in [0.25, 0.3) is 0 Å². The molecule has 1 unspecified atom stereocenters. The molecule has 0 bridgehead atoms. The fraction of sp³-hybridized carbons (Fsp3) is 0.571. The molecule has 0 spiro atoms. The van der Waals surface area contributed by atoms with Gasteiger partial charge in [-0.25, -0.2) is 0 Å². The van der Waals surface area contributed by atoms with Gasteiger partial charge in [-0.2, -0.15) is 0 Å². The summed E-state index contributed by atoms with van der Waals surface area (Å²) in [6.07, 6.45) is 3.16. The lowest BCUT2D eigenvalue weighted by Crippen LogP contribution is -2.23. The van der Waals surface area contributed by atoms with Gasteiger partial charge in [-0.05, 0) is 19.6 Å². The van der Waals surface area contributed by atoms with Crippen LogP contribution in [0.4, 0.5) is 0 Å². The Kier molecular flexibility index (Phi) is 5.96. The van der Waals surface area contributed by atoms with Gasteiger partial charge in [0.1, 0.15) is 17.4 Å². The number of hydrogen-bond acceptors (Lipinski definition) is 8. The summed E-state index contributed by atoms with van der Waals surface area (Å²) in [6, 6.07) is 0. The van der Waals surface area contributed by atoms with Crippen molar-refractivity contribution in [3.05, 3.63) is 16.3 Å². The second kappa shape index (κ2) is 7.73. The van der Waals surface area contributed by atoms with E-state index >= 15 is 0 Å². The van der Waals surface area contributed by atoms with Crippen LogP contribution in [0, 0.1) is 0 Å². The molecule has 1 aromatic rings. The number of hydrogen-bond donors (Lipinski definition) is 1. The number of carbonyl (C=O) groups excluding carboxylic acids is 1. The number of aliphatic hydroxyl groups is 1. The van der Waals surface area contributed by atoms with Gasteiger partial charge in [-0.3, -0.25) is 4.79 Å². The molecule has 0 aliphatic heterocycles. The van der Waals surface area contributed by atoms with Crippen LogP contribution in [0.2, 0.25) is 0 Å². The molecule has 0 saturated heterocycles. The predicted molar refractivity (Wildman–Crippen MR) is 87.7 cm³/mol. The van der Waals surface area contributed by atoms with E-state index < -0.39 is 0 Å². The molecule has 1 aliphatic carbocycles. The maximum Gasteiger partial charge on any atom is 0.174 e. The monoisotopic (exact) mass is 341 g/mol. The van der Waals surface area contributed by atoms with Crippen LogP contribution in [-0.4, -0.2) is 39.7 Å². The number of rotatable bonds is 6. The predicted octanol–water partition coefficient (Wildman–Crippen LogP) is 3.32. The minimum absolute atomic E-state index is 0.0717. The van der Waals surface area contributed by atoms with E-state index in [-0.39, 0.29) is 17.5 Å². The Morgan fingerprint density at radius 1 is 1.45 bits per heavy atom. The van der Waals surface area contributed by atoms with Gasteiger partial charge in [0, 0.05) is 18.8 Å². The third kappa shape index (κ3) is 3.67. The highest BCUT2D eigenvalue weighted by atomic mass is 32.2. The van der Waals surface area contributed by atoms with Gasteiger partial charge < -0.3 is 9.94 Å². The van der Waals surface area contributed by atoms with Gasteiger partial charge in [0.05, 0.1) is 11.3 Å². The van der Waals surface area contributed by atoms with Crippen LogP contribution in [0.3, 0.4) is 0 Å². The molecule has 1 atom stereocenters. The Bertz CT molecular complexity index is 610. The van der Waals surface area contributed by atoms with Crippen LogP contribution in [0.1, 0.15) is 44.0 Å². The molecule has 8 heteroatoms. The van der Waals surface area contributed by atoms with Crippen molar-refractivity contribution < 1.29 is 14.7 Å². The van der Waals surface area contributed by atoms with Crippen molar-refractivity contribution >= 4 is 34.6 Å². The van der Waals surface area contributed by atoms with Crippen molar-refractivity contribution in [2.24, 2.45) is 5.16 Å². The van der Waals surface area contributed by atoms with E-state index in [1.165, 1.54) is 23.1 Å². The van der Waals surface area contributed by atoms with Crippen molar-refractivity contribution in [1.82, 2.24) is 10.2 Å². The number of thioether (sulfide) groups is 1. The second-order valence-electron chi connectivity index (χ2n) is 4.77. The first kappa shape index (κ1) is 17.0. The summed E-state index contributed by atoms with van der Waals surface area (Å²) < 4.78 is 0.865. The highest BCUT2D eigenvalue weighted by Gasteiger charge is 2.33. The maximum absolute atomic E-state index is 12.4. The Morgan fingerprint density at radius 3 is 2.77 bits per heavy atom. The van der Waals surface area contributed by atoms with E-state index in [0.717, 1.165) is 9.35 Å². The highest BCUT2D eigenvalue weighted by molar-refractivity contribution is 8.00. The number of ketones is 1. The Labute approximate surface area is 137 Å². The number of oxime groups is 1. The molecule has 0 aromatic carbocycles. The van der Waals surface area contributed by atoms with Gasteiger partial charge >= 0.3 is 0 Å². The highest BCUT2D eigenvalue weighted by Crippen LogP contribution is 2.36. The van der Waals surface area contributed by atoms with Crippen LogP contribution in [0.5, 0.6) is 0 Å². The fourth-order valence-electron chi connectivity index (χ4n) is 2.29. The molecule has 1 N–H and O–H groups in total. The molecule has 1 heterocycles. The average molecular weight is 341 g/mol. The summed E-state index contributed by atoms with van der Waals surface area (Å²) in [6.45, 7) is 4.13. The quantitative estimate of drug-likeness (QED) is 0.485. The molecule has 0 amide bonds. The summed E-state index contributed by atoms with van der Waals surface area (Å²) in [5.74, 6) is -0.155. The van der Waals surface area contributed by atoms with Crippen LogP contribution >= 0.6 is 23.1 Å². The number of Topliss-reactive ketones (excluding diaryl/α,β-unsaturated/α-hetero) is 1. The van der Waals surface area contributed by atoms with E-state index in [1.807, 2.05) is 20.1 Å². The topological polar surface area (TPSA) is 84.7 Å². The van der Waals surface area contributed by atoms with Gasteiger partial charge in [-0.15, -0.1) is 10.2 Å². The number of aromatic nitrogens is 2. The Hall–Kier alpha value is -1.41. The van der Waals surface area contributed by atoms with Crippen molar-refractivity contribution in [3.8, 4) is 0 Å². The van der Waals surface area contributed by atoms with Gasteiger partial charge in [-0.1, -0.05) is 35.2 Å². The molecule has 2 rings (SSSR count). The minimum Gasteiger partial charge on any atom is -0.511 e. The van der Waals surface area contributed by atoms with E-state index in [0.29, 0.717) is 37.2 Å². The van der Waals surface area contributed by atoms with Crippen LogP contribution in [0.15, 0.2) is 20.8 Å². The molecule has 1 aromatic heterocycles. The van der Waals surface area contributed by atoms with Gasteiger partial charge in [0.15, 0.2) is 10.1 Å². The van der Waals surface area contributed by atoms with Crippen molar-refractivity contribution in [1.29, 1.82) is 0 Å². The molecule has 6 nitrogen and oxygen atoms in total. The molecule has 0 radical (unpaired) electrons. The van der Waals surface area contributed by atoms with Gasteiger partial charge in [0.25, 0.3) is 0 Å². The largest absolute Gasteiger partial charge is 0.511 e. The summed E-state index contributed by atoms with van der Waals surface area (Å²) in [5.41, 5.74) is 0.812. The zero-order valence-electron chi connectivity index (χ0n) is 12.8. The summed E-state index contributed by atoms with van der Waals surface area (Å²) >= 11 is 3.00. The van der Waals surface area contributed by atoms with Crippen LogP contribution in [-0.2, 0) is 9.63 Å². The first-order valence-corrected chi connectivity index (χ1v) is 9.16. The summed E-state index contributed by atoms with van der Waals surface area (Å²) in [7, 11) is 0. The average Bonchev–Trinajstić information content (AvgIpc) is 2.98. The normalized spacial score (nSPS) is 19.7. The molecular formula is C14H19N3O3S2. The van der Waals surface area contributed by atoms with Gasteiger partial charge in [0.2, 0.25) is 0 Å².